The third-order valence-electron chi connectivity index (χ3n) is 4.57. The number of hydrogen-bond acceptors (Lipinski definition) is 4. The third-order valence-corrected chi connectivity index (χ3v) is 4.89. The van der Waals surface area contributed by atoms with E-state index in [1.54, 1.807) is 12.4 Å². The Hall–Kier alpha value is -2.16. The summed E-state index contributed by atoms with van der Waals surface area (Å²) in [5.41, 5.74) is -0.173. The van der Waals surface area contributed by atoms with Crippen LogP contribution in [-0.4, -0.2) is 53.4 Å². The number of carbonyl (C=O) groups excluding carboxylic acids is 1. The number of halogens is 4. The number of alkyl halides is 3. The van der Waals surface area contributed by atoms with E-state index in [4.69, 9.17) is 11.6 Å². The van der Waals surface area contributed by atoms with Crippen LogP contribution >= 0.6 is 11.6 Å². The van der Waals surface area contributed by atoms with Crippen LogP contribution in [0, 0.1) is 0 Å². The fourth-order valence-electron chi connectivity index (χ4n) is 3.12. The summed E-state index contributed by atoms with van der Waals surface area (Å²) >= 11 is 5.88. The van der Waals surface area contributed by atoms with Crippen LogP contribution in [0.4, 0.5) is 18.9 Å². The van der Waals surface area contributed by atoms with Crippen molar-refractivity contribution in [1.29, 1.82) is 0 Å². The molecule has 1 aromatic heterocycles. The highest BCUT2D eigenvalue weighted by Crippen LogP contribution is 2.38. The van der Waals surface area contributed by atoms with Gasteiger partial charge in [-0.1, -0.05) is 17.7 Å². The molecule has 1 aromatic carbocycles. The van der Waals surface area contributed by atoms with Crippen LogP contribution in [0.1, 0.15) is 11.1 Å². The van der Waals surface area contributed by atoms with Crippen LogP contribution in [-0.2, 0) is 17.5 Å². The molecule has 150 valence electrons. The van der Waals surface area contributed by atoms with Crippen molar-refractivity contribution in [2.24, 2.45) is 0 Å². The third kappa shape index (κ3) is 5.43. The van der Waals surface area contributed by atoms with Crippen molar-refractivity contribution in [1.82, 2.24) is 14.8 Å². The van der Waals surface area contributed by atoms with Gasteiger partial charge in [0, 0.05) is 45.1 Å². The summed E-state index contributed by atoms with van der Waals surface area (Å²) in [7, 11) is 0. The Bertz CT molecular complexity index is 809. The average Bonchev–Trinajstić information content (AvgIpc) is 2.65. The smallest absolute Gasteiger partial charge is 0.323 e. The first-order valence-corrected chi connectivity index (χ1v) is 9.20. The van der Waals surface area contributed by atoms with Crippen molar-refractivity contribution in [3.8, 4) is 0 Å². The molecule has 28 heavy (non-hydrogen) atoms. The van der Waals surface area contributed by atoms with Gasteiger partial charge in [0.25, 0.3) is 0 Å². The molecule has 1 N–H and O–H groups in total. The number of aromatic nitrogens is 1. The van der Waals surface area contributed by atoms with Crippen molar-refractivity contribution in [3.05, 3.63) is 58.9 Å². The molecule has 0 radical (unpaired) electrons. The molecule has 3 rings (SSSR count). The fraction of sp³-hybridized carbons (Fsp3) is 0.368. The SMILES string of the molecule is O=C(CN1CCN(Cc2ccncc2)CC1)Nc1c(Cl)cccc1C(F)(F)F. The molecular formula is C19H20ClF3N4O. The van der Waals surface area contributed by atoms with Gasteiger partial charge in [-0.15, -0.1) is 0 Å². The van der Waals surface area contributed by atoms with E-state index < -0.39 is 23.3 Å². The number of amides is 1. The zero-order valence-corrected chi connectivity index (χ0v) is 15.8. The molecule has 1 fully saturated rings. The van der Waals surface area contributed by atoms with Gasteiger partial charge >= 0.3 is 6.18 Å². The number of anilines is 1. The molecule has 0 spiro atoms. The summed E-state index contributed by atoms with van der Waals surface area (Å²) in [4.78, 5) is 20.5. The predicted molar refractivity (Wildman–Crippen MR) is 101 cm³/mol. The van der Waals surface area contributed by atoms with Gasteiger partial charge in [-0.3, -0.25) is 19.6 Å². The second-order valence-electron chi connectivity index (χ2n) is 6.62. The summed E-state index contributed by atoms with van der Waals surface area (Å²) < 4.78 is 39.4. The Morgan fingerprint density at radius 1 is 1.07 bits per heavy atom. The summed E-state index contributed by atoms with van der Waals surface area (Å²) in [5.74, 6) is -0.513. The quantitative estimate of drug-likeness (QED) is 0.816. The number of nitrogens with one attached hydrogen (secondary N) is 1. The monoisotopic (exact) mass is 412 g/mol. The first-order valence-electron chi connectivity index (χ1n) is 8.82. The first-order chi connectivity index (χ1) is 13.3. The molecule has 1 saturated heterocycles. The van der Waals surface area contributed by atoms with Crippen LogP contribution in [0.2, 0.25) is 5.02 Å². The maximum absolute atomic E-state index is 13.1. The van der Waals surface area contributed by atoms with Crippen molar-refractivity contribution >= 4 is 23.2 Å². The van der Waals surface area contributed by atoms with E-state index in [2.05, 4.69) is 15.2 Å². The lowest BCUT2D eigenvalue weighted by atomic mass is 10.1. The van der Waals surface area contributed by atoms with Crippen molar-refractivity contribution in [3.63, 3.8) is 0 Å². The first kappa shape index (κ1) is 20.6. The molecule has 2 heterocycles. The lowest BCUT2D eigenvalue weighted by Gasteiger charge is -2.34. The maximum Gasteiger partial charge on any atom is 0.418 e. The molecule has 1 aliphatic heterocycles. The van der Waals surface area contributed by atoms with E-state index in [0.29, 0.717) is 13.1 Å². The number of pyridine rings is 1. The molecule has 5 nitrogen and oxygen atoms in total. The molecule has 2 aromatic rings. The van der Waals surface area contributed by atoms with Gasteiger partial charge in [0.15, 0.2) is 0 Å². The van der Waals surface area contributed by atoms with E-state index in [1.165, 1.54) is 17.7 Å². The summed E-state index contributed by atoms with van der Waals surface area (Å²) in [6, 6.07) is 7.36. The van der Waals surface area contributed by atoms with Gasteiger partial charge in [0.05, 0.1) is 22.8 Å². The van der Waals surface area contributed by atoms with Crippen LogP contribution in [0.3, 0.4) is 0 Å². The molecule has 1 aliphatic rings. The minimum Gasteiger partial charge on any atom is -0.323 e. The maximum atomic E-state index is 13.1. The van der Waals surface area contributed by atoms with Crippen LogP contribution in [0.25, 0.3) is 0 Å². The second kappa shape index (κ2) is 8.89. The number of piperazine rings is 1. The molecule has 9 heteroatoms. The number of para-hydroxylation sites is 1. The van der Waals surface area contributed by atoms with Gasteiger partial charge < -0.3 is 5.32 Å². The zero-order valence-electron chi connectivity index (χ0n) is 15.0. The van der Waals surface area contributed by atoms with Gasteiger partial charge in [-0.2, -0.15) is 13.2 Å². The van der Waals surface area contributed by atoms with Crippen molar-refractivity contribution in [2.45, 2.75) is 12.7 Å². The van der Waals surface area contributed by atoms with Crippen molar-refractivity contribution < 1.29 is 18.0 Å². The highest BCUT2D eigenvalue weighted by molar-refractivity contribution is 6.34. The van der Waals surface area contributed by atoms with E-state index >= 15 is 0 Å². The highest BCUT2D eigenvalue weighted by atomic mass is 35.5. The van der Waals surface area contributed by atoms with E-state index in [-0.39, 0.29) is 11.6 Å². The second-order valence-corrected chi connectivity index (χ2v) is 7.02. The standard InChI is InChI=1S/C19H20ClF3N4O/c20-16-3-1-2-15(19(21,22)23)18(16)25-17(28)13-27-10-8-26(9-11-27)12-14-4-6-24-7-5-14/h1-7H,8-13H2,(H,25,28). The largest absolute Gasteiger partial charge is 0.418 e. The molecular weight excluding hydrogens is 393 g/mol. The lowest BCUT2D eigenvalue weighted by molar-refractivity contribution is -0.137. The van der Waals surface area contributed by atoms with E-state index in [9.17, 15) is 18.0 Å². The van der Waals surface area contributed by atoms with Gasteiger partial charge in [0.2, 0.25) is 5.91 Å². The lowest BCUT2D eigenvalue weighted by Crippen LogP contribution is -2.48. The fourth-order valence-corrected chi connectivity index (χ4v) is 3.34. The Morgan fingerprint density at radius 2 is 1.71 bits per heavy atom. The van der Waals surface area contributed by atoms with Crippen LogP contribution in [0.15, 0.2) is 42.7 Å². The minimum absolute atomic E-state index is 0.0195. The van der Waals surface area contributed by atoms with E-state index in [0.717, 1.165) is 25.7 Å². The zero-order chi connectivity index (χ0) is 20.1. The average molecular weight is 413 g/mol. The number of rotatable bonds is 5. The van der Waals surface area contributed by atoms with Crippen LogP contribution in [0.5, 0.6) is 0 Å². The highest BCUT2D eigenvalue weighted by Gasteiger charge is 2.35. The Balaban J connectivity index is 1.53. The van der Waals surface area contributed by atoms with Gasteiger partial charge in [-0.05, 0) is 29.8 Å². The topological polar surface area (TPSA) is 48.5 Å². The summed E-state index contributed by atoms with van der Waals surface area (Å²) in [6.07, 6.45) is -1.09. The number of carbonyl (C=O) groups is 1. The van der Waals surface area contributed by atoms with E-state index in [1.807, 2.05) is 17.0 Å². The Kier molecular flexibility index (Phi) is 6.53. The molecule has 0 unspecified atom stereocenters. The van der Waals surface area contributed by atoms with Crippen LogP contribution < -0.4 is 5.32 Å². The normalized spacial score (nSPS) is 16.1. The number of benzene rings is 1. The molecule has 1 amide bonds. The molecule has 0 saturated carbocycles. The number of nitrogens with zero attached hydrogens (tertiary/aromatic N) is 3. The van der Waals surface area contributed by atoms with Crippen molar-refractivity contribution in [2.75, 3.05) is 38.0 Å². The summed E-state index contributed by atoms with van der Waals surface area (Å²) in [6.45, 7) is 3.69. The molecule has 0 bridgehead atoms. The van der Waals surface area contributed by atoms with Gasteiger partial charge in [-0.25, -0.2) is 0 Å². The predicted octanol–water partition coefficient (Wildman–Crippen LogP) is 3.51. The van der Waals surface area contributed by atoms with Gasteiger partial charge in [0.1, 0.15) is 0 Å². The Labute approximate surface area is 166 Å². The molecule has 0 atom stereocenters. The number of hydrogen-bond donors (Lipinski definition) is 1. The summed E-state index contributed by atoms with van der Waals surface area (Å²) in [5, 5.41) is 2.20. The minimum atomic E-state index is -4.59. The Morgan fingerprint density at radius 3 is 2.36 bits per heavy atom. The molecule has 0 aliphatic carbocycles.